The molecule has 0 fully saturated rings. The highest BCUT2D eigenvalue weighted by Crippen LogP contribution is 1.98. The van der Waals surface area contributed by atoms with Crippen LogP contribution in [-0.4, -0.2) is 36.7 Å². The SMILES string of the molecule is CCC[C@H](NC(=O)CCCOC)C(=O)O. The van der Waals surface area contributed by atoms with Crippen LogP contribution in [-0.2, 0) is 14.3 Å². The Hall–Kier alpha value is -1.10. The van der Waals surface area contributed by atoms with Gasteiger partial charge in [0.25, 0.3) is 0 Å². The first-order chi connectivity index (χ1) is 7.11. The van der Waals surface area contributed by atoms with Crippen molar-refractivity contribution in [3.63, 3.8) is 0 Å². The number of nitrogens with one attached hydrogen (secondary N) is 1. The topological polar surface area (TPSA) is 75.6 Å². The summed E-state index contributed by atoms with van der Waals surface area (Å²) in [5.74, 6) is -1.20. The van der Waals surface area contributed by atoms with Crippen LogP contribution < -0.4 is 5.32 Å². The van der Waals surface area contributed by atoms with Crippen LogP contribution in [0.1, 0.15) is 32.6 Å². The highest BCUT2D eigenvalue weighted by molar-refractivity contribution is 5.83. The van der Waals surface area contributed by atoms with Crippen LogP contribution in [0.15, 0.2) is 0 Å². The Labute approximate surface area is 89.8 Å². The van der Waals surface area contributed by atoms with E-state index in [0.29, 0.717) is 25.9 Å². The molecular weight excluding hydrogens is 198 g/mol. The van der Waals surface area contributed by atoms with Crippen LogP contribution in [0.5, 0.6) is 0 Å². The maximum atomic E-state index is 11.3. The summed E-state index contributed by atoms with van der Waals surface area (Å²) in [6, 6.07) is -0.759. The van der Waals surface area contributed by atoms with Crippen molar-refractivity contribution in [3.05, 3.63) is 0 Å². The summed E-state index contributed by atoms with van der Waals surface area (Å²) >= 11 is 0. The second-order valence-corrected chi connectivity index (χ2v) is 3.34. The average molecular weight is 217 g/mol. The molecule has 0 saturated carbocycles. The van der Waals surface area contributed by atoms with Crippen molar-refractivity contribution in [3.8, 4) is 0 Å². The summed E-state index contributed by atoms with van der Waals surface area (Å²) in [6.45, 7) is 2.39. The Morgan fingerprint density at radius 1 is 1.47 bits per heavy atom. The second-order valence-electron chi connectivity index (χ2n) is 3.34. The quantitative estimate of drug-likeness (QED) is 0.589. The molecular formula is C10H19NO4. The minimum atomic E-state index is -0.975. The maximum absolute atomic E-state index is 11.3. The van der Waals surface area contributed by atoms with Crippen molar-refractivity contribution in [1.29, 1.82) is 0 Å². The third kappa shape index (κ3) is 6.90. The number of aliphatic carboxylic acids is 1. The summed E-state index contributed by atoms with van der Waals surface area (Å²) in [5, 5.41) is 11.3. The van der Waals surface area contributed by atoms with Gasteiger partial charge < -0.3 is 15.2 Å². The number of amides is 1. The molecule has 0 saturated heterocycles. The van der Waals surface area contributed by atoms with Crippen LogP contribution >= 0.6 is 0 Å². The van der Waals surface area contributed by atoms with Crippen molar-refractivity contribution in [2.45, 2.75) is 38.6 Å². The molecule has 0 rings (SSSR count). The van der Waals surface area contributed by atoms with Crippen molar-refractivity contribution >= 4 is 11.9 Å². The van der Waals surface area contributed by atoms with E-state index in [0.717, 1.165) is 6.42 Å². The summed E-state index contributed by atoms with van der Waals surface area (Å²) in [6.07, 6.45) is 2.11. The molecule has 0 heterocycles. The zero-order valence-electron chi connectivity index (χ0n) is 9.28. The molecule has 0 aromatic rings. The molecule has 1 atom stereocenters. The Morgan fingerprint density at radius 2 is 2.13 bits per heavy atom. The van der Waals surface area contributed by atoms with Gasteiger partial charge in [-0.25, -0.2) is 4.79 Å². The lowest BCUT2D eigenvalue weighted by Gasteiger charge is -2.13. The van der Waals surface area contributed by atoms with E-state index in [1.54, 1.807) is 7.11 Å². The van der Waals surface area contributed by atoms with Crippen LogP contribution in [0.2, 0.25) is 0 Å². The fraction of sp³-hybridized carbons (Fsp3) is 0.800. The zero-order chi connectivity index (χ0) is 11.7. The number of hydrogen-bond donors (Lipinski definition) is 2. The standard InChI is InChI=1S/C10H19NO4/c1-3-5-8(10(13)14)11-9(12)6-4-7-15-2/h8H,3-7H2,1-2H3,(H,11,12)(H,13,14)/t8-/m0/s1. The van der Waals surface area contributed by atoms with Gasteiger partial charge in [-0.05, 0) is 12.8 Å². The van der Waals surface area contributed by atoms with Gasteiger partial charge in [0.1, 0.15) is 6.04 Å². The van der Waals surface area contributed by atoms with Crippen LogP contribution in [0, 0.1) is 0 Å². The van der Waals surface area contributed by atoms with Gasteiger partial charge in [-0.1, -0.05) is 13.3 Å². The molecule has 0 aliphatic carbocycles. The van der Waals surface area contributed by atoms with E-state index in [2.05, 4.69) is 5.32 Å². The normalized spacial score (nSPS) is 12.1. The number of ether oxygens (including phenoxy) is 1. The van der Waals surface area contributed by atoms with Crippen molar-refractivity contribution in [1.82, 2.24) is 5.32 Å². The largest absolute Gasteiger partial charge is 0.480 e. The van der Waals surface area contributed by atoms with E-state index in [1.165, 1.54) is 0 Å². The molecule has 5 heteroatoms. The molecule has 0 unspecified atom stereocenters. The van der Waals surface area contributed by atoms with E-state index in [4.69, 9.17) is 9.84 Å². The van der Waals surface area contributed by atoms with Gasteiger partial charge in [-0.3, -0.25) is 4.79 Å². The molecule has 88 valence electrons. The molecule has 15 heavy (non-hydrogen) atoms. The second kappa shape index (κ2) is 8.23. The summed E-state index contributed by atoms with van der Waals surface area (Å²) in [7, 11) is 1.56. The molecule has 2 N–H and O–H groups in total. The zero-order valence-corrected chi connectivity index (χ0v) is 9.28. The number of carboxylic acid groups (broad SMARTS) is 1. The third-order valence-electron chi connectivity index (χ3n) is 1.96. The summed E-state index contributed by atoms with van der Waals surface area (Å²) in [4.78, 5) is 22.0. The minimum absolute atomic E-state index is 0.229. The third-order valence-corrected chi connectivity index (χ3v) is 1.96. The predicted molar refractivity (Wildman–Crippen MR) is 55.6 cm³/mol. The van der Waals surface area contributed by atoms with E-state index in [9.17, 15) is 9.59 Å². The number of rotatable bonds is 8. The molecule has 0 aromatic carbocycles. The molecule has 0 spiro atoms. The monoisotopic (exact) mass is 217 g/mol. The highest BCUT2D eigenvalue weighted by atomic mass is 16.5. The smallest absolute Gasteiger partial charge is 0.326 e. The van der Waals surface area contributed by atoms with Crippen LogP contribution in [0.3, 0.4) is 0 Å². The average Bonchev–Trinajstić information content (AvgIpc) is 2.17. The van der Waals surface area contributed by atoms with Gasteiger partial charge in [0, 0.05) is 20.1 Å². The Kier molecular flexibility index (Phi) is 7.62. The first-order valence-electron chi connectivity index (χ1n) is 5.13. The van der Waals surface area contributed by atoms with Gasteiger partial charge in [-0.2, -0.15) is 0 Å². The van der Waals surface area contributed by atoms with Crippen LogP contribution in [0.25, 0.3) is 0 Å². The van der Waals surface area contributed by atoms with Crippen molar-refractivity contribution in [2.24, 2.45) is 0 Å². The lowest BCUT2D eigenvalue weighted by Crippen LogP contribution is -2.40. The molecule has 0 aliphatic heterocycles. The Balaban J connectivity index is 3.84. The molecule has 5 nitrogen and oxygen atoms in total. The molecule has 0 bridgehead atoms. The summed E-state index contributed by atoms with van der Waals surface area (Å²) < 4.78 is 4.80. The number of carbonyl (C=O) groups is 2. The fourth-order valence-corrected chi connectivity index (χ4v) is 1.19. The molecule has 0 aromatic heterocycles. The van der Waals surface area contributed by atoms with Crippen LogP contribution in [0.4, 0.5) is 0 Å². The van der Waals surface area contributed by atoms with E-state index in [-0.39, 0.29) is 5.91 Å². The highest BCUT2D eigenvalue weighted by Gasteiger charge is 2.17. The lowest BCUT2D eigenvalue weighted by molar-refractivity contribution is -0.142. The number of carbonyl (C=O) groups excluding carboxylic acids is 1. The van der Waals surface area contributed by atoms with Gasteiger partial charge in [-0.15, -0.1) is 0 Å². The number of hydrogen-bond acceptors (Lipinski definition) is 3. The van der Waals surface area contributed by atoms with E-state index in [1.807, 2.05) is 6.92 Å². The first kappa shape index (κ1) is 13.9. The summed E-state index contributed by atoms with van der Waals surface area (Å²) in [5.41, 5.74) is 0. The Bertz CT molecular complexity index is 206. The minimum Gasteiger partial charge on any atom is -0.480 e. The van der Waals surface area contributed by atoms with Gasteiger partial charge in [0.05, 0.1) is 0 Å². The van der Waals surface area contributed by atoms with Gasteiger partial charge >= 0.3 is 5.97 Å². The first-order valence-corrected chi connectivity index (χ1v) is 5.13. The maximum Gasteiger partial charge on any atom is 0.326 e. The van der Waals surface area contributed by atoms with E-state index >= 15 is 0 Å². The van der Waals surface area contributed by atoms with Gasteiger partial charge in [0.15, 0.2) is 0 Å². The number of carboxylic acids is 1. The van der Waals surface area contributed by atoms with Gasteiger partial charge in [0.2, 0.25) is 5.91 Å². The molecule has 0 aliphatic rings. The van der Waals surface area contributed by atoms with Crippen molar-refractivity contribution in [2.75, 3.05) is 13.7 Å². The Morgan fingerprint density at radius 3 is 2.60 bits per heavy atom. The number of methoxy groups -OCH3 is 1. The lowest BCUT2D eigenvalue weighted by atomic mass is 10.1. The predicted octanol–water partition coefficient (Wildman–Crippen LogP) is 0.782. The van der Waals surface area contributed by atoms with Crippen molar-refractivity contribution < 1.29 is 19.4 Å². The molecule has 1 amide bonds. The molecule has 0 radical (unpaired) electrons. The van der Waals surface area contributed by atoms with E-state index < -0.39 is 12.0 Å². The fourth-order valence-electron chi connectivity index (χ4n) is 1.19.